The number of nitrogens with two attached hydrogens (primary N) is 1. The first-order chi connectivity index (χ1) is 11.1. The maximum absolute atomic E-state index is 12.2. The van der Waals surface area contributed by atoms with E-state index in [9.17, 15) is 4.79 Å². The Morgan fingerprint density at radius 1 is 1.13 bits per heavy atom. The number of amides is 1. The highest BCUT2D eigenvalue weighted by atomic mass is 16.2. The lowest BCUT2D eigenvalue weighted by Gasteiger charge is -2.20. The van der Waals surface area contributed by atoms with Crippen molar-refractivity contribution < 1.29 is 4.79 Å². The van der Waals surface area contributed by atoms with Crippen LogP contribution in [0.4, 0.5) is 11.4 Å². The van der Waals surface area contributed by atoms with Gasteiger partial charge in [-0.2, -0.15) is 0 Å². The van der Waals surface area contributed by atoms with E-state index in [-0.39, 0.29) is 5.91 Å². The summed E-state index contributed by atoms with van der Waals surface area (Å²) in [7, 11) is 0. The Balaban J connectivity index is 1.93. The predicted octanol–water partition coefficient (Wildman–Crippen LogP) is 3.29. The summed E-state index contributed by atoms with van der Waals surface area (Å²) < 4.78 is 0. The molecule has 0 aliphatic rings. The van der Waals surface area contributed by atoms with Crippen molar-refractivity contribution in [2.45, 2.75) is 26.8 Å². The number of anilines is 2. The molecule has 2 aromatic rings. The number of benzene rings is 2. The number of likely N-dealkylation sites (N-methyl/N-ethyl adjacent to an activating group) is 1. The molecule has 3 N–H and O–H groups in total. The minimum Gasteiger partial charge on any atom is -0.398 e. The lowest BCUT2D eigenvalue weighted by molar-refractivity contribution is -0.117. The molecule has 0 aromatic heterocycles. The van der Waals surface area contributed by atoms with Crippen molar-refractivity contribution >= 4 is 17.3 Å². The summed E-state index contributed by atoms with van der Waals surface area (Å²) in [4.78, 5) is 14.3. The van der Waals surface area contributed by atoms with Crippen LogP contribution >= 0.6 is 0 Å². The number of aryl methyl sites for hydroxylation is 1. The molecule has 2 aromatic carbocycles. The lowest BCUT2D eigenvalue weighted by Crippen LogP contribution is -2.32. The van der Waals surface area contributed by atoms with Gasteiger partial charge in [0.2, 0.25) is 5.91 Å². The molecule has 0 saturated heterocycles. The van der Waals surface area contributed by atoms with Gasteiger partial charge < -0.3 is 11.1 Å². The second-order valence-corrected chi connectivity index (χ2v) is 5.60. The summed E-state index contributed by atoms with van der Waals surface area (Å²) in [5.74, 6) is -0.0218. The lowest BCUT2D eigenvalue weighted by atomic mass is 10.1. The van der Waals surface area contributed by atoms with Crippen LogP contribution in [0, 0.1) is 0 Å². The van der Waals surface area contributed by atoms with Gasteiger partial charge in [0, 0.05) is 17.9 Å². The van der Waals surface area contributed by atoms with E-state index >= 15 is 0 Å². The van der Waals surface area contributed by atoms with Crippen molar-refractivity contribution in [3.8, 4) is 0 Å². The van der Waals surface area contributed by atoms with E-state index in [2.05, 4.69) is 36.2 Å². The van der Waals surface area contributed by atoms with Crippen LogP contribution in [0.3, 0.4) is 0 Å². The molecule has 0 fully saturated rings. The topological polar surface area (TPSA) is 58.4 Å². The van der Waals surface area contributed by atoms with Gasteiger partial charge in [-0.3, -0.25) is 9.69 Å². The minimum absolute atomic E-state index is 0.0218. The monoisotopic (exact) mass is 311 g/mol. The molecule has 0 unspecified atom stereocenters. The van der Waals surface area contributed by atoms with Crippen molar-refractivity contribution in [2.24, 2.45) is 0 Å². The number of carbonyl (C=O) groups is 1. The highest BCUT2D eigenvalue weighted by molar-refractivity contribution is 5.92. The zero-order valence-electron chi connectivity index (χ0n) is 13.9. The molecule has 0 aliphatic carbocycles. The molecule has 1 amide bonds. The summed E-state index contributed by atoms with van der Waals surface area (Å²) >= 11 is 0. The van der Waals surface area contributed by atoms with Gasteiger partial charge in [0.15, 0.2) is 0 Å². The Morgan fingerprint density at radius 3 is 2.48 bits per heavy atom. The molecule has 2 rings (SSSR count). The van der Waals surface area contributed by atoms with E-state index in [0.717, 1.165) is 36.4 Å². The Kier molecular flexibility index (Phi) is 6.18. The van der Waals surface area contributed by atoms with Crippen molar-refractivity contribution in [1.82, 2.24) is 4.90 Å². The fraction of sp³-hybridized carbons (Fsp3) is 0.316. The van der Waals surface area contributed by atoms with E-state index in [1.807, 2.05) is 36.4 Å². The summed E-state index contributed by atoms with van der Waals surface area (Å²) in [5, 5.41) is 2.92. The highest BCUT2D eigenvalue weighted by Crippen LogP contribution is 2.18. The first kappa shape index (κ1) is 17.0. The van der Waals surface area contributed by atoms with Gasteiger partial charge in [-0.25, -0.2) is 0 Å². The van der Waals surface area contributed by atoms with E-state index < -0.39 is 0 Å². The average Bonchev–Trinajstić information content (AvgIpc) is 2.55. The summed E-state index contributed by atoms with van der Waals surface area (Å²) in [6.07, 6.45) is 0.890. The summed E-state index contributed by atoms with van der Waals surface area (Å²) in [5.41, 5.74) is 9.76. The number of nitrogens with zero attached hydrogens (tertiary/aromatic N) is 1. The van der Waals surface area contributed by atoms with Crippen LogP contribution in [0.15, 0.2) is 48.5 Å². The number of nitrogen functional groups attached to an aromatic ring is 1. The quantitative estimate of drug-likeness (QED) is 0.771. The number of hydrogen-bond acceptors (Lipinski definition) is 3. The van der Waals surface area contributed by atoms with Crippen LogP contribution in [-0.2, 0) is 17.8 Å². The molecule has 0 saturated carbocycles. The van der Waals surface area contributed by atoms with E-state index in [0.29, 0.717) is 6.54 Å². The third-order valence-electron chi connectivity index (χ3n) is 3.87. The van der Waals surface area contributed by atoms with Crippen molar-refractivity contribution in [3.63, 3.8) is 0 Å². The van der Waals surface area contributed by atoms with Crippen LogP contribution in [0.1, 0.15) is 25.0 Å². The summed E-state index contributed by atoms with van der Waals surface area (Å²) in [6, 6.07) is 15.9. The molecular formula is C19H25N3O. The van der Waals surface area contributed by atoms with Crippen molar-refractivity contribution in [1.29, 1.82) is 0 Å². The smallest absolute Gasteiger partial charge is 0.238 e. The van der Waals surface area contributed by atoms with Crippen LogP contribution in [0.25, 0.3) is 0 Å². The maximum Gasteiger partial charge on any atom is 0.238 e. The molecule has 0 atom stereocenters. The van der Waals surface area contributed by atoms with Crippen molar-refractivity contribution in [3.05, 3.63) is 59.7 Å². The Hall–Kier alpha value is -2.33. The van der Waals surface area contributed by atoms with Crippen molar-refractivity contribution in [2.75, 3.05) is 24.1 Å². The van der Waals surface area contributed by atoms with Gasteiger partial charge in [-0.05, 0) is 36.2 Å². The van der Waals surface area contributed by atoms with Crippen LogP contribution < -0.4 is 11.1 Å². The van der Waals surface area contributed by atoms with Gasteiger partial charge in [-0.1, -0.05) is 50.2 Å². The average molecular weight is 311 g/mol. The van der Waals surface area contributed by atoms with Gasteiger partial charge in [0.25, 0.3) is 0 Å². The van der Waals surface area contributed by atoms with E-state index in [1.165, 1.54) is 5.56 Å². The van der Waals surface area contributed by atoms with Crippen LogP contribution in [0.2, 0.25) is 0 Å². The number of carbonyl (C=O) groups excluding carboxylic acids is 1. The third-order valence-corrected chi connectivity index (χ3v) is 3.87. The predicted molar refractivity (Wildman–Crippen MR) is 96.3 cm³/mol. The Morgan fingerprint density at radius 2 is 1.87 bits per heavy atom. The second kappa shape index (κ2) is 8.34. The molecule has 0 heterocycles. The largest absolute Gasteiger partial charge is 0.398 e. The van der Waals surface area contributed by atoms with E-state index in [4.69, 9.17) is 5.73 Å². The molecule has 0 bridgehead atoms. The number of hydrogen-bond donors (Lipinski definition) is 2. The standard InChI is InChI=1S/C19H25N3O/c1-3-16-10-11-17(12-18(16)20)21-19(23)14-22(4-2)13-15-8-6-5-7-9-15/h5-12H,3-4,13-14,20H2,1-2H3,(H,21,23). The molecule has 4 heteroatoms. The van der Waals surface area contributed by atoms with Gasteiger partial charge >= 0.3 is 0 Å². The molecule has 122 valence electrons. The SMILES string of the molecule is CCc1ccc(NC(=O)CN(CC)Cc2ccccc2)cc1N. The molecule has 0 aliphatic heterocycles. The zero-order chi connectivity index (χ0) is 16.7. The fourth-order valence-electron chi connectivity index (χ4n) is 2.52. The highest BCUT2D eigenvalue weighted by Gasteiger charge is 2.10. The van der Waals surface area contributed by atoms with Crippen LogP contribution in [-0.4, -0.2) is 23.9 Å². The molecule has 0 radical (unpaired) electrons. The van der Waals surface area contributed by atoms with Crippen LogP contribution in [0.5, 0.6) is 0 Å². The van der Waals surface area contributed by atoms with E-state index in [1.54, 1.807) is 0 Å². The molecule has 4 nitrogen and oxygen atoms in total. The normalized spacial score (nSPS) is 10.7. The maximum atomic E-state index is 12.2. The van der Waals surface area contributed by atoms with Gasteiger partial charge in [0.05, 0.1) is 6.54 Å². The molecular weight excluding hydrogens is 286 g/mol. The number of nitrogens with one attached hydrogen (secondary N) is 1. The fourth-order valence-corrected chi connectivity index (χ4v) is 2.52. The zero-order valence-corrected chi connectivity index (χ0v) is 13.9. The third kappa shape index (κ3) is 5.11. The Bertz CT molecular complexity index is 640. The van der Waals surface area contributed by atoms with Gasteiger partial charge in [-0.15, -0.1) is 0 Å². The first-order valence-corrected chi connectivity index (χ1v) is 8.07. The molecule has 0 spiro atoms. The number of rotatable bonds is 7. The summed E-state index contributed by atoms with van der Waals surface area (Å²) in [6.45, 7) is 6.07. The first-order valence-electron chi connectivity index (χ1n) is 8.07. The van der Waals surface area contributed by atoms with Gasteiger partial charge in [0.1, 0.15) is 0 Å². The minimum atomic E-state index is -0.0218. The Labute approximate surface area is 138 Å². The second-order valence-electron chi connectivity index (χ2n) is 5.60. The molecule has 23 heavy (non-hydrogen) atoms.